The van der Waals surface area contributed by atoms with Crippen molar-refractivity contribution in [2.75, 3.05) is 5.32 Å². The van der Waals surface area contributed by atoms with Gasteiger partial charge in [-0.1, -0.05) is 20.8 Å². The summed E-state index contributed by atoms with van der Waals surface area (Å²) in [7, 11) is 0. The monoisotopic (exact) mass is 316 g/mol. The molecule has 1 aromatic carbocycles. The summed E-state index contributed by atoms with van der Waals surface area (Å²) in [6.07, 6.45) is 0.929. The van der Waals surface area contributed by atoms with Gasteiger partial charge in [-0.05, 0) is 49.4 Å². The van der Waals surface area contributed by atoms with Crippen LogP contribution >= 0.6 is 0 Å². The van der Waals surface area contributed by atoms with Gasteiger partial charge in [-0.25, -0.2) is 0 Å². The number of Topliss-reactive ketones (excluding diaryl/α,β-unsaturated/α-hetero) is 1. The van der Waals surface area contributed by atoms with E-state index < -0.39 is 22.7 Å². The van der Waals surface area contributed by atoms with Crippen molar-refractivity contribution in [3.05, 3.63) is 29.8 Å². The number of carbonyl (C=O) groups excluding carboxylic acids is 3. The van der Waals surface area contributed by atoms with Gasteiger partial charge in [0.15, 0.2) is 5.78 Å². The van der Waals surface area contributed by atoms with Crippen LogP contribution in [0, 0.1) is 16.7 Å². The third kappa shape index (κ3) is 2.87. The lowest BCUT2D eigenvalue weighted by Crippen LogP contribution is -2.49. The number of aliphatic carboxylic acids is 1. The summed E-state index contributed by atoms with van der Waals surface area (Å²) in [5, 5.41) is 14.3. The topological polar surface area (TPSA) is 86.3 Å². The third-order valence-electron chi connectivity index (χ3n) is 5.55. The van der Waals surface area contributed by atoms with E-state index in [4.69, 9.17) is 0 Å². The van der Waals surface area contributed by atoms with E-state index in [-0.39, 0.29) is 11.7 Å². The zero-order chi connectivity index (χ0) is 17.4. The van der Waals surface area contributed by atoms with Crippen LogP contribution in [0.15, 0.2) is 24.3 Å². The van der Waals surface area contributed by atoms with E-state index in [1.807, 2.05) is 0 Å². The molecule has 0 aromatic heterocycles. The maximum atomic E-state index is 12.6. The lowest BCUT2D eigenvalue weighted by atomic mass is 9.65. The van der Waals surface area contributed by atoms with Gasteiger partial charge in [0.1, 0.15) is 0 Å². The molecule has 5 heteroatoms. The Bertz CT molecular complexity index is 647. The molecule has 1 aliphatic rings. The number of ketones is 1. The van der Waals surface area contributed by atoms with Gasteiger partial charge in [-0.15, -0.1) is 0 Å². The molecule has 1 aliphatic carbocycles. The fourth-order valence-corrected chi connectivity index (χ4v) is 3.34. The summed E-state index contributed by atoms with van der Waals surface area (Å²) >= 11 is 0. The van der Waals surface area contributed by atoms with E-state index in [1.165, 1.54) is 6.92 Å². The molecule has 0 heterocycles. The zero-order valence-corrected chi connectivity index (χ0v) is 13.9. The minimum Gasteiger partial charge on any atom is -0.550 e. The van der Waals surface area contributed by atoms with Crippen LogP contribution in [-0.4, -0.2) is 17.7 Å². The Hall–Kier alpha value is -2.17. The largest absolute Gasteiger partial charge is 0.550 e. The highest BCUT2D eigenvalue weighted by atomic mass is 16.4. The first-order chi connectivity index (χ1) is 10.6. The second-order valence-electron chi connectivity index (χ2n) is 7.06. The lowest BCUT2D eigenvalue weighted by Gasteiger charge is -2.41. The molecule has 0 radical (unpaired) electrons. The minimum absolute atomic E-state index is 0.0375. The molecule has 124 valence electrons. The average molecular weight is 316 g/mol. The second kappa shape index (κ2) is 5.80. The molecule has 2 atom stereocenters. The van der Waals surface area contributed by atoms with Crippen LogP contribution in [0.5, 0.6) is 0 Å². The third-order valence-corrected chi connectivity index (χ3v) is 5.55. The molecule has 1 N–H and O–H groups in total. The molecule has 2 rings (SSSR count). The summed E-state index contributed by atoms with van der Waals surface area (Å²) in [5.74, 6) is -1.75. The van der Waals surface area contributed by atoms with Gasteiger partial charge in [0.05, 0.1) is 0 Å². The van der Waals surface area contributed by atoms with Gasteiger partial charge in [0, 0.05) is 28.6 Å². The number of amides is 1. The molecule has 0 aliphatic heterocycles. The van der Waals surface area contributed by atoms with Gasteiger partial charge < -0.3 is 15.2 Å². The van der Waals surface area contributed by atoms with Gasteiger partial charge in [-0.3, -0.25) is 9.59 Å². The first-order valence-electron chi connectivity index (χ1n) is 7.73. The van der Waals surface area contributed by atoms with Crippen LogP contribution in [0.1, 0.15) is 50.9 Å². The maximum absolute atomic E-state index is 12.6. The number of carboxylic acid groups (broad SMARTS) is 1. The van der Waals surface area contributed by atoms with Crippen LogP contribution in [0.2, 0.25) is 0 Å². The van der Waals surface area contributed by atoms with Gasteiger partial charge >= 0.3 is 0 Å². The molecule has 0 spiro atoms. The van der Waals surface area contributed by atoms with Crippen molar-refractivity contribution in [3.63, 3.8) is 0 Å². The highest BCUT2D eigenvalue weighted by Gasteiger charge is 2.54. The molecule has 1 amide bonds. The molecule has 1 fully saturated rings. The molecule has 0 bridgehead atoms. The smallest absolute Gasteiger partial charge is 0.228 e. The summed E-state index contributed by atoms with van der Waals surface area (Å²) in [5.41, 5.74) is -0.547. The number of benzene rings is 1. The number of carboxylic acids is 1. The molecule has 0 saturated heterocycles. The number of anilines is 1. The molecule has 23 heavy (non-hydrogen) atoms. The Morgan fingerprint density at radius 1 is 1.13 bits per heavy atom. The van der Waals surface area contributed by atoms with E-state index in [2.05, 4.69) is 5.32 Å². The van der Waals surface area contributed by atoms with Crippen molar-refractivity contribution >= 4 is 23.3 Å². The number of hydrogen-bond acceptors (Lipinski definition) is 4. The van der Waals surface area contributed by atoms with Crippen molar-refractivity contribution < 1.29 is 19.5 Å². The summed E-state index contributed by atoms with van der Waals surface area (Å²) < 4.78 is 0. The normalized spacial score (nSPS) is 25.8. The summed E-state index contributed by atoms with van der Waals surface area (Å²) in [4.78, 5) is 35.3. The number of carbonyl (C=O) groups is 3. The van der Waals surface area contributed by atoms with Crippen LogP contribution in [0.3, 0.4) is 0 Å². The van der Waals surface area contributed by atoms with Crippen molar-refractivity contribution in [1.82, 2.24) is 0 Å². The first-order valence-corrected chi connectivity index (χ1v) is 7.73. The fourth-order valence-electron chi connectivity index (χ4n) is 3.34. The number of nitrogens with one attached hydrogen (secondary N) is 1. The van der Waals surface area contributed by atoms with Crippen molar-refractivity contribution in [1.29, 1.82) is 0 Å². The molecule has 1 saturated carbocycles. The molecular weight excluding hydrogens is 294 g/mol. The van der Waals surface area contributed by atoms with Gasteiger partial charge in [0.2, 0.25) is 5.91 Å². The standard InChI is InChI=1S/C18H23NO4/c1-11(20)12-5-7-13(8-6-12)19-15(21)14-9-10-18(4,16(22)23)17(14,2)3/h5-8,14H,9-10H2,1-4H3,(H,19,21)(H,22,23)/p-1/t14-,18+/m1/s1. The highest BCUT2D eigenvalue weighted by Crippen LogP contribution is 2.55. The van der Waals surface area contributed by atoms with Crippen LogP contribution < -0.4 is 10.4 Å². The Morgan fingerprint density at radius 3 is 2.13 bits per heavy atom. The fraction of sp³-hybridized carbons (Fsp3) is 0.500. The maximum Gasteiger partial charge on any atom is 0.228 e. The zero-order valence-electron chi connectivity index (χ0n) is 13.9. The van der Waals surface area contributed by atoms with Crippen LogP contribution in [0.4, 0.5) is 5.69 Å². The summed E-state index contributed by atoms with van der Waals surface area (Å²) in [6.45, 7) is 6.74. The lowest BCUT2D eigenvalue weighted by molar-refractivity contribution is -0.323. The SMILES string of the molecule is CC(=O)c1ccc(NC(=O)[C@H]2CC[C@@](C)(C(=O)[O-])C2(C)C)cc1. The quantitative estimate of drug-likeness (QED) is 0.861. The average Bonchev–Trinajstić information content (AvgIpc) is 2.71. The highest BCUT2D eigenvalue weighted by molar-refractivity contribution is 5.96. The Kier molecular flexibility index (Phi) is 4.33. The Labute approximate surface area is 136 Å². The van der Waals surface area contributed by atoms with E-state index in [9.17, 15) is 19.5 Å². The van der Waals surface area contributed by atoms with E-state index >= 15 is 0 Å². The van der Waals surface area contributed by atoms with E-state index in [0.29, 0.717) is 24.1 Å². The molecule has 0 unspecified atom stereocenters. The number of hydrogen-bond donors (Lipinski definition) is 1. The predicted molar refractivity (Wildman–Crippen MR) is 84.7 cm³/mol. The van der Waals surface area contributed by atoms with Gasteiger partial charge in [0.25, 0.3) is 0 Å². The summed E-state index contributed by atoms with van der Waals surface area (Å²) in [6, 6.07) is 6.66. The molecular formula is C18H22NO4-. The van der Waals surface area contributed by atoms with Crippen molar-refractivity contribution in [3.8, 4) is 0 Å². The second-order valence-corrected chi connectivity index (χ2v) is 7.06. The van der Waals surface area contributed by atoms with Crippen molar-refractivity contribution in [2.45, 2.75) is 40.5 Å². The van der Waals surface area contributed by atoms with Gasteiger partial charge in [-0.2, -0.15) is 0 Å². The van der Waals surface area contributed by atoms with E-state index in [1.54, 1.807) is 45.0 Å². The van der Waals surface area contributed by atoms with E-state index in [0.717, 1.165) is 0 Å². The number of rotatable bonds is 4. The first kappa shape index (κ1) is 17.2. The predicted octanol–water partition coefficient (Wildman–Crippen LogP) is 2.02. The molecule has 5 nitrogen and oxygen atoms in total. The minimum atomic E-state index is -1.11. The Morgan fingerprint density at radius 2 is 1.70 bits per heavy atom. The Balaban J connectivity index is 2.15. The van der Waals surface area contributed by atoms with Crippen LogP contribution in [0.25, 0.3) is 0 Å². The van der Waals surface area contributed by atoms with Crippen LogP contribution in [-0.2, 0) is 9.59 Å². The van der Waals surface area contributed by atoms with Crippen molar-refractivity contribution in [2.24, 2.45) is 16.7 Å². The molecule has 1 aromatic rings.